The van der Waals surface area contributed by atoms with Crippen molar-refractivity contribution in [3.8, 4) is 0 Å². The van der Waals surface area contributed by atoms with Crippen molar-refractivity contribution in [2.45, 2.75) is 13.0 Å². The summed E-state index contributed by atoms with van der Waals surface area (Å²) < 4.78 is 5.30. The van der Waals surface area contributed by atoms with Gasteiger partial charge in [0.15, 0.2) is 5.82 Å². The Labute approximate surface area is 109 Å². The number of methoxy groups -OCH3 is 1. The Morgan fingerprint density at radius 3 is 2.72 bits per heavy atom. The van der Waals surface area contributed by atoms with Gasteiger partial charge in [-0.15, -0.1) is 0 Å². The van der Waals surface area contributed by atoms with Crippen molar-refractivity contribution in [1.29, 1.82) is 0 Å². The lowest BCUT2D eigenvalue weighted by Gasteiger charge is -2.36. The third-order valence-corrected chi connectivity index (χ3v) is 3.41. The molecule has 1 aromatic heterocycles. The van der Waals surface area contributed by atoms with Crippen LogP contribution in [0.5, 0.6) is 0 Å². The molecule has 5 heteroatoms. The van der Waals surface area contributed by atoms with Crippen molar-refractivity contribution in [2.24, 2.45) is 0 Å². The largest absolute Gasteiger partial charge is 0.396 e. The van der Waals surface area contributed by atoms with Gasteiger partial charge in [-0.25, -0.2) is 4.98 Å². The topological polar surface area (TPSA) is 54.6 Å². The predicted molar refractivity (Wildman–Crippen MR) is 73.8 cm³/mol. The molecule has 0 aromatic carbocycles. The second kappa shape index (κ2) is 6.02. The van der Waals surface area contributed by atoms with Crippen LogP contribution in [-0.4, -0.2) is 55.8 Å². The first kappa shape index (κ1) is 13.1. The quantitative estimate of drug-likeness (QED) is 0.857. The van der Waals surface area contributed by atoms with Gasteiger partial charge in [-0.3, -0.25) is 4.90 Å². The Morgan fingerprint density at radius 1 is 1.39 bits per heavy atom. The molecule has 0 saturated carbocycles. The van der Waals surface area contributed by atoms with E-state index in [4.69, 9.17) is 10.5 Å². The summed E-state index contributed by atoms with van der Waals surface area (Å²) in [5.41, 5.74) is 6.71. The van der Waals surface area contributed by atoms with Crippen LogP contribution in [-0.2, 0) is 4.74 Å². The summed E-state index contributed by atoms with van der Waals surface area (Å²) in [5, 5.41) is 0. The number of nitrogens with two attached hydrogens (primary N) is 1. The summed E-state index contributed by atoms with van der Waals surface area (Å²) in [6.45, 7) is 7.09. The van der Waals surface area contributed by atoms with E-state index in [9.17, 15) is 0 Å². The maximum Gasteiger partial charge on any atom is 0.151 e. The fraction of sp³-hybridized carbons (Fsp3) is 0.615. The Morgan fingerprint density at radius 2 is 2.11 bits per heavy atom. The number of nitrogens with zero attached hydrogens (tertiary/aromatic N) is 3. The number of aromatic nitrogens is 1. The van der Waals surface area contributed by atoms with Gasteiger partial charge in [0.25, 0.3) is 0 Å². The van der Waals surface area contributed by atoms with Gasteiger partial charge in [0, 0.05) is 46.0 Å². The molecule has 2 N–H and O–H groups in total. The molecule has 0 radical (unpaired) electrons. The number of piperazine rings is 1. The van der Waals surface area contributed by atoms with Crippen LogP contribution in [0.2, 0.25) is 0 Å². The Kier molecular flexibility index (Phi) is 4.38. The molecule has 1 aliphatic heterocycles. The molecule has 2 rings (SSSR count). The predicted octanol–water partition coefficient (Wildman–Crippen LogP) is 0.821. The molecule has 1 aromatic rings. The molecule has 18 heavy (non-hydrogen) atoms. The summed E-state index contributed by atoms with van der Waals surface area (Å²) in [6, 6.07) is 3.77. The van der Waals surface area contributed by atoms with Crippen LogP contribution in [0.4, 0.5) is 11.5 Å². The van der Waals surface area contributed by atoms with Gasteiger partial charge in [-0.1, -0.05) is 0 Å². The third-order valence-electron chi connectivity index (χ3n) is 3.41. The number of nitrogen functional groups attached to an aromatic ring is 1. The second-order valence-electron chi connectivity index (χ2n) is 4.75. The van der Waals surface area contributed by atoms with Crippen molar-refractivity contribution >= 4 is 11.5 Å². The van der Waals surface area contributed by atoms with Crippen LogP contribution >= 0.6 is 0 Å². The van der Waals surface area contributed by atoms with Crippen molar-refractivity contribution in [3.05, 3.63) is 18.3 Å². The number of hydrogen-bond donors (Lipinski definition) is 1. The normalized spacial score (nSPS) is 18.9. The molecule has 2 heterocycles. The van der Waals surface area contributed by atoms with Gasteiger partial charge >= 0.3 is 0 Å². The lowest BCUT2D eigenvalue weighted by molar-refractivity contribution is 0.0749. The summed E-state index contributed by atoms with van der Waals surface area (Å²) in [7, 11) is 1.76. The Hall–Kier alpha value is -1.33. The Balaban J connectivity index is 1.89. The molecule has 0 bridgehead atoms. The molecular weight excluding hydrogens is 228 g/mol. The highest BCUT2D eigenvalue weighted by molar-refractivity contribution is 5.62. The van der Waals surface area contributed by atoms with E-state index in [0.29, 0.717) is 0 Å². The van der Waals surface area contributed by atoms with E-state index in [0.717, 1.165) is 44.2 Å². The molecule has 1 saturated heterocycles. The average Bonchev–Trinajstić information content (AvgIpc) is 2.40. The van der Waals surface area contributed by atoms with Gasteiger partial charge in [0.05, 0.1) is 11.8 Å². The zero-order chi connectivity index (χ0) is 13.0. The van der Waals surface area contributed by atoms with Crippen LogP contribution in [0.25, 0.3) is 0 Å². The van der Waals surface area contributed by atoms with Crippen LogP contribution in [0, 0.1) is 0 Å². The van der Waals surface area contributed by atoms with E-state index >= 15 is 0 Å². The van der Waals surface area contributed by atoms with Crippen LogP contribution in [0.3, 0.4) is 0 Å². The van der Waals surface area contributed by atoms with Gasteiger partial charge in [0.1, 0.15) is 0 Å². The molecule has 5 nitrogen and oxygen atoms in total. The average molecular weight is 250 g/mol. The lowest BCUT2D eigenvalue weighted by atomic mass is 10.2. The summed E-state index contributed by atoms with van der Waals surface area (Å²) in [5.74, 6) is 0.914. The first-order valence-electron chi connectivity index (χ1n) is 6.41. The Bertz CT molecular complexity index is 377. The zero-order valence-electron chi connectivity index (χ0n) is 11.2. The highest BCUT2D eigenvalue weighted by atomic mass is 16.5. The molecule has 1 atom stereocenters. The first-order valence-corrected chi connectivity index (χ1v) is 6.41. The first-order chi connectivity index (χ1) is 8.70. The van der Waals surface area contributed by atoms with Crippen molar-refractivity contribution in [3.63, 3.8) is 0 Å². The fourth-order valence-corrected chi connectivity index (χ4v) is 2.25. The van der Waals surface area contributed by atoms with Crippen LogP contribution < -0.4 is 10.6 Å². The standard InChI is InChI=1S/C13H22N4O/c1-11(18-2)10-16-6-8-17(9-7-16)13-12(14)4-3-5-15-13/h3-5,11H,6-10,14H2,1-2H3. The van der Waals surface area contributed by atoms with Crippen LogP contribution in [0.1, 0.15) is 6.92 Å². The summed E-state index contributed by atoms with van der Waals surface area (Å²) >= 11 is 0. The summed E-state index contributed by atoms with van der Waals surface area (Å²) in [4.78, 5) is 9.04. The van der Waals surface area contributed by atoms with E-state index in [1.807, 2.05) is 12.1 Å². The van der Waals surface area contributed by atoms with Crippen LogP contribution in [0.15, 0.2) is 18.3 Å². The minimum absolute atomic E-state index is 0.288. The van der Waals surface area contributed by atoms with E-state index in [2.05, 4.69) is 21.7 Å². The minimum atomic E-state index is 0.288. The van der Waals surface area contributed by atoms with E-state index in [1.165, 1.54) is 0 Å². The number of rotatable bonds is 4. The minimum Gasteiger partial charge on any atom is -0.396 e. The SMILES string of the molecule is COC(C)CN1CCN(c2ncccc2N)CC1. The second-order valence-corrected chi connectivity index (χ2v) is 4.75. The third kappa shape index (κ3) is 3.11. The number of hydrogen-bond acceptors (Lipinski definition) is 5. The smallest absolute Gasteiger partial charge is 0.151 e. The van der Waals surface area contributed by atoms with E-state index in [1.54, 1.807) is 13.3 Å². The number of anilines is 2. The molecule has 1 aliphatic rings. The maximum atomic E-state index is 5.95. The maximum absolute atomic E-state index is 5.95. The van der Waals surface area contributed by atoms with Crippen molar-refractivity contribution < 1.29 is 4.74 Å². The molecular formula is C13H22N4O. The van der Waals surface area contributed by atoms with Gasteiger partial charge < -0.3 is 15.4 Å². The van der Waals surface area contributed by atoms with Gasteiger partial charge in [-0.2, -0.15) is 0 Å². The molecule has 0 aliphatic carbocycles. The molecule has 1 fully saturated rings. The highest BCUT2D eigenvalue weighted by Crippen LogP contribution is 2.20. The monoisotopic (exact) mass is 250 g/mol. The number of pyridine rings is 1. The van der Waals surface area contributed by atoms with E-state index < -0.39 is 0 Å². The molecule has 100 valence electrons. The molecule has 0 spiro atoms. The van der Waals surface area contributed by atoms with Gasteiger partial charge in [0.2, 0.25) is 0 Å². The fourth-order valence-electron chi connectivity index (χ4n) is 2.25. The summed E-state index contributed by atoms with van der Waals surface area (Å²) in [6.07, 6.45) is 2.09. The van der Waals surface area contributed by atoms with E-state index in [-0.39, 0.29) is 6.10 Å². The highest BCUT2D eigenvalue weighted by Gasteiger charge is 2.20. The molecule has 0 amide bonds. The molecule has 1 unspecified atom stereocenters. The van der Waals surface area contributed by atoms with Crippen molar-refractivity contribution in [1.82, 2.24) is 9.88 Å². The zero-order valence-corrected chi connectivity index (χ0v) is 11.2. The van der Waals surface area contributed by atoms with Crippen molar-refractivity contribution in [2.75, 3.05) is 50.5 Å². The number of ether oxygens (including phenoxy) is 1. The van der Waals surface area contributed by atoms with Gasteiger partial charge in [-0.05, 0) is 19.1 Å². The lowest BCUT2D eigenvalue weighted by Crippen LogP contribution is -2.48.